The standard InChI is InChI=1S/C19H17NO4S/c1-14(12-16-8-5-10-23-16)13-17-18(21)20(19(22)25-17)9-11-24-15-6-3-2-4-7-15/h2-8,10,12-13H,9,11H2,1H3/b14-12+,17-13-. The first-order valence-electron chi connectivity index (χ1n) is 7.78. The number of ether oxygens (including phenoxy) is 1. The van der Waals surface area contributed by atoms with Crippen molar-refractivity contribution in [2.75, 3.05) is 13.2 Å². The Morgan fingerprint density at radius 1 is 1.20 bits per heavy atom. The SMILES string of the molecule is CC(/C=C1\SC(=O)N(CCOc2ccccc2)C1=O)=C\c1ccco1. The van der Waals surface area contributed by atoms with Crippen LogP contribution in [0.25, 0.3) is 6.08 Å². The molecule has 5 nitrogen and oxygen atoms in total. The van der Waals surface area contributed by atoms with E-state index < -0.39 is 0 Å². The highest BCUT2D eigenvalue weighted by Gasteiger charge is 2.34. The molecule has 2 aromatic rings. The number of carbonyl (C=O) groups is 2. The smallest absolute Gasteiger partial charge is 0.293 e. The number of rotatable bonds is 6. The van der Waals surface area contributed by atoms with Gasteiger partial charge < -0.3 is 9.15 Å². The first-order chi connectivity index (χ1) is 12.1. The summed E-state index contributed by atoms with van der Waals surface area (Å²) in [5, 5.41) is -0.279. The lowest BCUT2D eigenvalue weighted by Crippen LogP contribution is -2.32. The van der Waals surface area contributed by atoms with Crippen molar-refractivity contribution in [3.8, 4) is 5.75 Å². The molecule has 2 heterocycles. The molecule has 6 heteroatoms. The summed E-state index contributed by atoms with van der Waals surface area (Å²) in [4.78, 5) is 26.1. The van der Waals surface area contributed by atoms with E-state index in [1.54, 1.807) is 18.4 Å². The van der Waals surface area contributed by atoms with E-state index in [1.807, 2.05) is 49.4 Å². The molecule has 1 aliphatic rings. The molecule has 0 bridgehead atoms. The number of thioether (sulfide) groups is 1. The van der Waals surface area contributed by atoms with Crippen molar-refractivity contribution >= 4 is 29.0 Å². The molecule has 1 fully saturated rings. The third-order valence-corrected chi connectivity index (χ3v) is 4.38. The van der Waals surface area contributed by atoms with Crippen LogP contribution in [0, 0.1) is 0 Å². The predicted octanol–water partition coefficient (Wildman–Crippen LogP) is 4.34. The Morgan fingerprint density at radius 2 is 2.00 bits per heavy atom. The lowest BCUT2D eigenvalue weighted by atomic mass is 10.2. The molecule has 1 saturated heterocycles. The highest BCUT2D eigenvalue weighted by atomic mass is 32.2. The number of carbonyl (C=O) groups excluding carboxylic acids is 2. The molecule has 0 radical (unpaired) electrons. The van der Waals surface area contributed by atoms with Crippen molar-refractivity contribution in [1.29, 1.82) is 0 Å². The van der Waals surface area contributed by atoms with Crippen LogP contribution in [-0.2, 0) is 4.79 Å². The summed E-state index contributed by atoms with van der Waals surface area (Å²) in [6.07, 6.45) is 5.09. The Bertz CT molecular complexity index is 809. The number of hydrogen-bond donors (Lipinski definition) is 0. The van der Waals surface area contributed by atoms with Gasteiger partial charge in [-0.2, -0.15) is 0 Å². The summed E-state index contributed by atoms with van der Waals surface area (Å²) in [5.41, 5.74) is 0.834. The number of benzene rings is 1. The van der Waals surface area contributed by atoms with Gasteiger partial charge in [-0.05, 0) is 60.7 Å². The van der Waals surface area contributed by atoms with Crippen LogP contribution in [0.3, 0.4) is 0 Å². The van der Waals surface area contributed by atoms with Crippen LogP contribution in [0.15, 0.2) is 69.7 Å². The molecule has 0 spiro atoms. The molecule has 0 atom stereocenters. The Hall–Kier alpha value is -2.73. The Balaban J connectivity index is 1.61. The van der Waals surface area contributed by atoms with Crippen molar-refractivity contribution in [3.63, 3.8) is 0 Å². The van der Waals surface area contributed by atoms with E-state index >= 15 is 0 Å². The Morgan fingerprint density at radius 3 is 2.72 bits per heavy atom. The lowest BCUT2D eigenvalue weighted by Gasteiger charge is -2.13. The van der Waals surface area contributed by atoms with Gasteiger partial charge in [0.05, 0.1) is 17.7 Å². The second kappa shape index (κ2) is 7.90. The quantitative estimate of drug-likeness (QED) is 0.721. The molecular weight excluding hydrogens is 338 g/mol. The van der Waals surface area contributed by atoms with Crippen LogP contribution in [-0.4, -0.2) is 29.2 Å². The highest BCUT2D eigenvalue weighted by molar-refractivity contribution is 8.18. The number of nitrogens with zero attached hydrogens (tertiary/aromatic N) is 1. The van der Waals surface area contributed by atoms with Gasteiger partial charge >= 0.3 is 0 Å². The first-order valence-corrected chi connectivity index (χ1v) is 8.60. The summed E-state index contributed by atoms with van der Waals surface area (Å²) in [6.45, 7) is 2.34. The molecule has 128 valence electrons. The molecule has 25 heavy (non-hydrogen) atoms. The second-order valence-corrected chi connectivity index (χ2v) is 6.39. The number of hydrogen-bond acceptors (Lipinski definition) is 5. The van der Waals surface area contributed by atoms with Crippen molar-refractivity contribution in [2.45, 2.75) is 6.92 Å². The zero-order chi connectivity index (χ0) is 17.6. The summed E-state index contributed by atoms with van der Waals surface area (Å²) >= 11 is 0.941. The van der Waals surface area contributed by atoms with Crippen LogP contribution < -0.4 is 4.74 Å². The van der Waals surface area contributed by atoms with Crippen LogP contribution in [0.1, 0.15) is 12.7 Å². The molecule has 0 aliphatic carbocycles. The third-order valence-electron chi connectivity index (χ3n) is 3.47. The van der Waals surface area contributed by atoms with Crippen molar-refractivity contribution in [3.05, 3.63) is 71.0 Å². The van der Waals surface area contributed by atoms with Gasteiger partial charge in [-0.3, -0.25) is 14.5 Å². The van der Waals surface area contributed by atoms with E-state index in [4.69, 9.17) is 9.15 Å². The Kier molecular flexibility index (Phi) is 5.40. The van der Waals surface area contributed by atoms with E-state index in [2.05, 4.69) is 0 Å². The molecule has 0 unspecified atom stereocenters. The van der Waals surface area contributed by atoms with Gasteiger partial charge in [0.1, 0.15) is 18.1 Å². The fraction of sp³-hybridized carbons (Fsp3) is 0.158. The minimum Gasteiger partial charge on any atom is -0.492 e. The number of amides is 2. The maximum Gasteiger partial charge on any atom is 0.293 e. The Labute approximate surface area is 150 Å². The van der Waals surface area contributed by atoms with Gasteiger partial charge in [-0.15, -0.1) is 0 Å². The minimum atomic E-state index is -0.293. The van der Waals surface area contributed by atoms with E-state index in [1.165, 1.54) is 4.90 Å². The number of para-hydroxylation sites is 1. The molecule has 1 aromatic carbocycles. The van der Waals surface area contributed by atoms with Gasteiger partial charge in [-0.25, -0.2) is 0 Å². The predicted molar refractivity (Wildman–Crippen MR) is 97.1 cm³/mol. The van der Waals surface area contributed by atoms with Gasteiger partial charge in [-0.1, -0.05) is 18.2 Å². The fourth-order valence-corrected chi connectivity index (χ4v) is 3.23. The topological polar surface area (TPSA) is 59.8 Å². The number of furan rings is 1. The summed E-state index contributed by atoms with van der Waals surface area (Å²) in [7, 11) is 0. The molecular formula is C19H17NO4S. The molecule has 0 saturated carbocycles. The van der Waals surface area contributed by atoms with Crippen LogP contribution in [0.5, 0.6) is 5.75 Å². The van der Waals surface area contributed by atoms with Gasteiger partial charge in [0.2, 0.25) is 0 Å². The van der Waals surface area contributed by atoms with Crippen LogP contribution in [0.2, 0.25) is 0 Å². The van der Waals surface area contributed by atoms with Crippen LogP contribution >= 0.6 is 11.8 Å². The first kappa shape index (κ1) is 17.1. The van der Waals surface area contributed by atoms with Crippen molar-refractivity contribution in [2.24, 2.45) is 0 Å². The second-order valence-electron chi connectivity index (χ2n) is 5.40. The third kappa shape index (κ3) is 4.42. The molecule has 1 aromatic heterocycles. The summed E-state index contributed by atoms with van der Waals surface area (Å²) < 4.78 is 10.8. The molecule has 1 aliphatic heterocycles. The normalized spacial score (nSPS) is 16.8. The molecule has 0 N–H and O–H groups in total. The van der Waals surface area contributed by atoms with E-state index in [0.29, 0.717) is 16.4 Å². The van der Waals surface area contributed by atoms with Crippen LogP contribution in [0.4, 0.5) is 4.79 Å². The monoisotopic (exact) mass is 355 g/mol. The molecule has 2 amide bonds. The van der Waals surface area contributed by atoms with Gasteiger partial charge in [0.15, 0.2) is 0 Å². The van der Waals surface area contributed by atoms with E-state index in [9.17, 15) is 9.59 Å². The lowest BCUT2D eigenvalue weighted by molar-refractivity contribution is -0.123. The number of allylic oxidation sites excluding steroid dienone is 2. The zero-order valence-electron chi connectivity index (χ0n) is 13.7. The number of imide groups is 1. The molecule has 3 rings (SSSR count). The zero-order valence-corrected chi connectivity index (χ0v) is 14.5. The van der Waals surface area contributed by atoms with Gasteiger partial charge in [0.25, 0.3) is 11.1 Å². The summed E-state index contributed by atoms with van der Waals surface area (Å²) in [6, 6.07) is 12.9. The summed E-state index contributed by atoms with van der Waals surface area (Å²) in [5.74, 6) is 1.12. The minimum absolute atomic E-state index is 0.220. The average molecular weight is 355 g/mol. The maximum atomic E-state index is 12.4. The fourth-order valence-electron chi connectivity index (χ4n) is 2.31. The van der Waals surface area contributed by atoms with Crippen molar-refractivity contribution in [1.82, 2.24) is 4.90 Å². The van der Waals surface area contributed by atoms with E-state index in [0.717, 1.165) is 17.3 Å². The average Bonchev–Trinajstić information content (AvgIpc) is 3.19. The van der Waals surface area contributed by atoms with E-state index in [-0.39, 0.29) is 24.3 Å². The van der Waals surface area contributed by atoms with Gasteiger partial charge in [0, 0.05) is 0 Å². The maximum absolute atomic E-state index is 12.4. The largest absolute Gasteiger partial charge is 0.492 e. The van der Waals surface area contributed by atoms with Crippen molar-refractivity contribution < 1.29 is 18.7 Å². The highest BCUT2D eigenvalue weighted by Crippen LogP contribution is 2.31.